The highest BCUT2D eigenvalue weighted by Gasteiger charge is 2.26. The molecule has 6 heteroatoms. The van der Waals surface area contributed by atoms with Gasteiger partial charge in [-0.1, -0.05) is 19.1 Å². The molecule has 1 aliphatic heterocycles. The van der Waals surface area contributed by atoms with Crippen molar-refractivity contribution >= 4 is 11.8 Å². The molecule has 0 spiro atoms. The molecular weight excluding hydrogens is 316 g/mol. The lowest BCUT2D eigenvalue weighted by molar-refractivity contribution is -0.130. The first-order valence-electron chi connectivity index (χ1n) is 8.73. The Labute approximate surface area is 147 Å². The second kappa shape index (κ2) is 7.51. The Kier molecular flexibility index (Phi) is 5.16. The van der Waals surface area contributed by atoms with Crippen LogP contribution < -0.4 is 5.73 Å². The number of nitrogens with zero attached hydrogens (tertiary/aromatic N) is 3. The molecule has 2 N–H and O–H groups in total. The van der Waals surface area contributed by atoms with E-state index >= 15 is 0 Å². The number of hydrogen-bond donors (Lipinski definition) is 1. The number of carbonyl (C=O) groups excluding carboxylic acids is 2. The number of aryl methyl sites for hydroxylation is 1. The van der Waals surface area contributed by atoms with Crippen molar-refractivity contribution in [3.05, 3.63) is 53.6 Å². The van der Waals surface area contributed by atoms with E-state index in [4.69, 9.17) is 5.73 Å². The van der Waals surface area contributed by atoms with Crippen LogP contribution in [0.1, 0.15) is 35.1 Å². The number of nitrogens with two attached hydrogens (primary N) is 1. The summed E-state index contributed by atoms with van der Waals surface area (Å²) in [4.78, 5) is 30.0. The van der Waals surface area contributed by atoms with Crippen molar-refractivity contribution in [2.75, 3.05) is 13.1 Å². The van der Waals surface area contributed by atoms with E-state index in [1.54, 1.807) is 12.3 Å². The maximum absolute atomic E-state index is 12.5. The average molecular weight is 340 g/mol. The Morgan fingerprint density at radius 3 is 2.96 bits per heavy atom. The van der Waals surface area contributed by atoms with Crippen LogP contribution in [0.2, 0.25) is 0 Å². The minimum absolute atomic E-state index is 0.140. The van der Waals surface area contributed by atoms with Gasteiger partial charge < -0.3 is 15.2 Å². The zero-order chi connectivity index (χ0) is 17.8. The minimum Gasteiger partial charge on any atom is -0.366 e. The maximum atomic E-state index is 12.5. The van der Waals surface area contributed by atoms with Crippen LogP contribution >= 0.6 is 0 Å². The highest BCUT2D eigenvalue weighted by atomic mass is 16.2. The lowest BCUT2D eigenvalue weighted by Crippen LogP contribution is -2.32. The number of carbonyl (C=O) groups is 2. The maximum Gasteiger partial charge on any atom is 0.248 e. The zero-order valence-electron chi connectivity index (χ0n) is 14.5. The van der Waals surface area contributed by atoms with Gasteiger partial charge in [-0.15, -0.1) is 0 Å². The van der Waals surface area contributed by atoms with E-state index in [1.165, 1.54) is 0 Å². The van der Waals surface area contributed by atoms with E-state index in [-0.39, 0.29) is 5.91 Å². The molecule has 2 amide bonds. The molecule has 1 aromatic carbocycles. The average Bonchev–Trinajstić information content (AvgIpc) is 3.24. The lowest BCUT2D eigenvalue weighted by atomic mass is 9.97. The molecule has 0 saturated carbocycles. The van der Waals surface area contributed by atoms with Gasteiger partial charge in [0, 0.05) is 37.5 Å². The SMILES string of the molecule is CCc1nccn1CC(=O)N1CC[C@@H](Cc2cccc(C(N)=O)c2)C1. The van der Waals surface area contributed by atoms with Gasteiger partial charge in [-0.25, -0.2) is 4.98 Å². The first-order chi connectivity index (χ1) is 12.1. The van der Waals surface area contributed by atoms with Crippen LogP contribution in [0, 0.1) is 5.92 Å². The third-order valence-electron chi connectivity index (χ3n) is 4.80. The number of likely N-dealkylation sites (tertiary alicyclic amines) is 1. The molecule has 1 saturated heterocycles. The van der Waals surface area contributed by atoms with Crippen molar-refractivity contribution in [2.45, 2.75) is 32.7 Å². The Balaban J connectivity index is 1.57. The molecule has 2 heterocycles. The molecule has 3 rings (SSSR count). The summed E-state index contributed by atoms with van der Waals surface area (Å²) in [7, 11) is 0. The Bertz CT molecular complexity index is 768. The summed E-state index contributed by atoms with van der Waals surface area (Å²) in [6.07, 6.45) is 6.26. The van der Waals surface area contributed by atoms with Gasteiger partial charge in [0.1, 0.15) is 12.4 Å². The molecule has 1 atom stereocenters. The zero-order valence-corrected chi connectivity index (χ0v) is 14.5. The molecular formula is C19H24N4O2. The minimum atomic E-state index is -0.405. The summed E-state index contributed by atoms with van der Waals surface area (Å²) >= 11 is 0. The van der Waals surface area contributed by atoms with E-state index in [9.17, 15) is 9.59 Å². The monoisotopic (exact) mass is 340 g/mol. The van der Waals surface area contributed by atoms with Gasteiger partial charge in [-0.2, -0.15) is 0 Å². The van der Waals surface area contributed by atoms with Gasteiger partial charge in [0.05, 0.1) is 0 Å². The van der Waals surface area contributed by atoms with Gasteiger partial charge in [0.25, 0.3) is 0 Å². The number of imidazole rings is 1. The second-order valence-electron chi connectivity index (χ2n) is 6.59. The van der Waals surface area contributed by atoms with Gasteiger partial charge in [-0.3, -0.25) is 9.59 Å². The number of benzene rings is 1. The topological polar surface area (TPSA) is 81.2 Å². The normalized spacial score (nSPS) is 17.0. The summed E-state index contributed by atoms with van der Waals surface area (Å²) in [5, 5.41) is 0. The summed E-state index contributed by atoms with van der Waals surface area (Å²) < 4.78 is 1.92. The number of aromatic nitrogens is 2. The highest BCUT2D eigenvalue weighted by Crippen LogP contribution is 2.22. The number of hydrogen-bond acceptors (Lipinski definition) is 3. The second-order valence-corrected chi connectivity index (χ2v) is 6.59. The molecule has 1 aliphatic rings. The van der Waals surface area contributed by atoms with Crippen molar-refractivity contribution < 1.29 is 9.59 Å². The number of amides is 2. The molecule has 0 aliphatic carbocycles. The van der Waals surface area contributed by atoms with Crippen LogP contribution in [-0.2, 0) is 24.2 Å². The predicted octanol–water partition coefficient (Wildman–Crippen LogP) is 1.64. The Morgan fingerprint density at radius 2 is 2.20 bits per heavy atom. The van der Waals surface area contributed by atoms with Crippen molar-refractivity contribution in [1.82, 2.24) is 14.5 Å². The van der Waals surface area contributed by atoms with Crippen molar-refractivity contribution in [2.24, 2.45) is 11.7 Å². The largest absolute Gasteiger partial charge is 0.366 e. The predicted molar refractivity (Wildman–Crippen MR) is 95.0 cm³/mol. The lowest BCUT2D eigenvalue weighted by Gasteiger charge is -2.18. The van der Waals surface area contributed by atoms with Crippen molar-refractivity contribution in [3.8, 4) is 0 Å². The van der Waals surface area contributed by atoms with Gasteiger partial charge >= 0.3 is 0 Å². The quantitative estimate of drug-likeness (QED) is 0.868. The Morgan fingerprint density at radius 1 is 1.36 bits per heavy atom. The van der Waals surface area contributed by atoms with Crippen molar-refractivity contribution in [3.63, 3.8) is 0 Å². The molecule has 6 nitrogen and oxygen atoms in total. The Hall–Kier alpha value is -2.63. The van der Waals surface area contributed by atoms with Crippen molar-refractivity contribution in [1.29, 1.82) is 0 Å². The summed E-state index contributed by atoms with van der Waals surface area (Å²) in [5.41, 5.74) is 6.97. The van der Waals surface area contributed by atoms with Crippen LogP contribution in [0.15, 0.2) is 36.7 Å². The fourth-order valence-electron chi connectivity index (χ4n) is 3.45. The fourth-order valence-corrected chi connectivity index (χ4v) is 3.45. The van der Waals surface area contributed by atoms with E-state index in [0.717, 1.165) is 43.7 Å². The highest BCUT2D eigenvalue weighted by molar-refractivity contribution is 5.92. The molecule has 132 valence electrons. The molecule has 25 heavy (non-hydrogen) atoms. The molecule has 2 aromatic rings. The molecule has 1 fully saturated rings. The first-order valence-corrected chi connectivity index (χ1v) is 8.73. The third kappa shape index (κ3) is 4.07. The smallest absolute Gasteiger partial charge is 0.248 e. The third-order valence-corrected chi connectivity index (χ3v) is 4.80. The summed E-state index contributed by atoms with van der Waals surface area (Å²) in [5.74, 6) is 1.09. The van der Waals surface area contributed by atoms with E-state index in [2.05, 4.69) is 4.98 Å². The summed E-state index contributed by atoms with van der Waals surface area (Å²) in [6, 6.07) is 7.45. The van der Waals surface area contributed by atoms with Gasteiger partial charge in [0.15, 0.2) is 0 Å². The van der Waals surface area contributed by atoms with Crippen LogP contribution in [0.25, 0.3) is 0 Å². The van der Waals surface area contributed by atoms with E-state index < -0.39 is 5.91 Å². The fraction of sp³-hybridized carbons (Fsp3) is 0.421. The van der Waals surface area contributed by atoms with E-state index in [1.807, 2.05) is 40.8 Å². The van der Waals surface area contributed by atoms with Gasteiger partial charge in [0.2, 0.25) is 11.8 Å². The van der Waals surface area contributed by atoms with Gasteiger partial charge in [-0.05, 0) is 36.5 Å². The number of primary amides is 1. The van der Waals surface area contributed by atoms with Crippen LogP contribution in [-0.4, -0.2) is 39.4 Å². The standard InChI is InChI=1S/C19H24N4O2/c1-2-17-21-7-9-22(17)13-18(24)23-8-6-15(12-23)10-14-4-3-5-16(11-14)19(20)25/h3-5,7,9,11,15H,2,6,8,10,12-13H2,1H3,(H2,20,25)/t15-/m0/s1. The first kappa shape index (κ1) is 17.2. The molecule has 0 unspecified atom stereocenters. The molecule has 0 bridgehead atoms. The molecule has 0 radical (unpaired) electrons. The van der Waals surface area contributed by atoms with Crippen LogP contribution in [0.4, 0.5) is 0 Å². The molecule has 1 aromatic heterocycles. The van der Waals surface area contributed by atoms with Crippen LogP contribution in [0.3, 0.4) is 0 Å². The van der Waals surface area contributed by atoms with Crippen LogP contribution in [0.5, 0.6) is 0 Å². The number of rotatable bonds is 6. The van der Waals surface area contributed by atoms with E-state index in [0.29, 0.717) is 18.0 Å². The summed E-state index contributed by atoms with van der Waals surface area (Å²) in [6.45, 7) is 3.94.